The number of aromatic nitrogens is 1. The third-order valence-electron chi connectivity index (χ3n) is 2.41. The molecule has 0 aliphatic heterocycles. The van der Waals surface area contributed by atoms with Crippen LogP contribution in [0, 0.1) is 0 Å². The number of nitrogen functional groups attached to an aromatic ring is 1. The van der Waals surface area contributed by atoms with Crippen LogP contribution >= 0.6 is 23.2 Å². The first-order chi connectivity index (χ1) is 9.27. The van der Waals surface area contributed by atoms with E-state index in [2.05, 4.69) is 10.3 Å². The number of benzene rings is 1. The summed E-state index contributed by atoms with van der Waals surface area (Å²) in [4.78, 5) is 3.90. The minimum absolute atomic E-state index is 0.0562. The monoisotopic (exact) mass is 321 g/mol. The van der Waals surface area contributed by atoms with Crippen molar-refractivity contribution in [2.24, 2.45) is 0 Å². The van der Waals surface area contributed by atoms with Gasteiger partial charge in [-0.2, -0.15) is 13.2 Å². The van der Waals surface area contributed by atoms with E-state index in [4.69, 9.17) is 28.9 Å². The van der Waals surface area contributed by atoms with Crippen LogP contribution in [0.1, 0.15) is 5.56 Å². The highest BCUT2D eigenvalue weighted by atomic mass is 35.5. The maximum atomic E-state index is 12.6. The van der Waals surface area contributed by atoms with E-state index in [1.807, 2.05) is 0 Å². The fourth-order valence-corrected chi connectivity index (χ4v) is 1.86. The van der Waals surface area contributed by atoms with Crippen molar-refractivity contribution in [3.05, 3.63) is 46.1 Å². The topological polar surface area (TPSA) is 50.9 Å². The van der Waals surface area contributed by atoms with Crippen molar-refractivity contribution in [3.63, 3.8) is 0 Å². The number of halogens is 5. The Hall–Kier alpha value is -1.66. The van der Waals surface area contributed by atoms with Crippen LogP contribution < -0.4 is 11.1 Å². The molecule has 0 spiro atoms. The molecule has 0 aliphatic carbocycles. The number of hydrogen-bond acceptors (Lipinski definition) is 3. The highest BCUT2D eigenvalue weighted by molar-refractivity contribution is 6.34. The van der Waals surface area contributed by atoms with Gasteiger partial charge in [-0.1, -0.05) is 23.2 Å². The van der Waals surface area contributed by atoms with Gasteiger partial charge in [0.05, 0.1) is 33.2 Å². The SMILES string of the molecule is Nc1cnc(Nc2cc(C(F)(F)F)ccc2Cl)c(Cl)c1. The molecule has 106 valence electrons. The Morgan fingerprint density at radius 3 is 2.40 bits per heavy atom. The summed E-state index contributed by atoms with van der Waals surface area (Å²) < 4.78 is 37.9. The number of nitrogens with zero attached hydrogens (tertiary/aromatic N) is 1. The molecule has 8 heteroatoms. The first-order valence-corrected chi connectivity index (χ1v) is 6.08. The number of rotatable bonds is 2. The molecule has 1 heterocycles. The largest absolute Gasteiger partial charge is 0.416 e. The van der Waals surface area contributed by atoms with Gasteiger partial charge in [0.1, 0.15) is 5.82 Å². The van der Waals surface area contributed by atoms with E-state index in [-0.39, 0.29) is 21.6 Å². The van der Waals surface area contributed by atoms with Gasteiger partial charge in [0.25, 0.3) is 0 Å². The highest BCUT2D eigenvalue weighted by Gasteiger charge is 2.31. The Balaban J connectivity index is 2.38. The molecule has 3 nitrogen and oxygen atoms in total. The lowest BCUT2D eigenvalue weighted by Gasteiger charge is -2.12. The van der Waals surface area contributed by atoms with Gasteiger partial charge in [-0.25, -0.2) is 4.98 Å². The van der Waals surface area contributed by atoms with Crippen molar-refractivity contribution in [2.75, 3.05) is 11.1 Å². The lowest BCUT2D eigenvalue weighted by molar-refractivity contribution is -0.137. The van der Waals surface area contributed by atoms with Crippen molar-refractivity contribution in [3.8, 4) is 0 Å². The molecular weight excluding hydrogens is 314 g/mol. The number of alkyl halides is 3. The summed E-state index contributed by atoms with van der Waals surface area (Å²) in [6.07, 6.45) is -3.13. The highest BCUT2D eigenvalue weighted by Crippen LogP contribution is 2.35. The molecule has 1 aromatic carbocycles. The first-order valence-electron chi connectivity index (χ1n) is 5.32. The summed E-state index contributed by atoms with van der Waals surface area (Å²) in [5.41, 5.74) is 5.06. The lowest BCUT2D eigenvalue weighted by atomic mass is 10.2. The van der Waals surface area contributed by atoms with Crippen molar-refractivity contribution < 1.29 is 13.2 Å². The van der Waals surface area contributed by atoms with Crippen molar-refractivity contribution in [2.45, 2.75) is 6.18 Å². The zero-order valence-electron chi connectivity index (χ0n) is 9.80. The summed E-state index contributed by atoms with van der Waals surface area (Å²) in [5.74, 6) is 0.169. The summed E-state index contributed by atoms with van der Waals surface area (Å²) >= 11 is 11.7. The van der Waals surface area contributed by atoms with Crippen LogP contribution in [-0.4, -0.2) is 4.98 Å². The Kier molecular flexibility index (Phi) is 3.96. The molecule has 0 unspecified atom stereocenters. The van der Waals surface area contributed by atoms with E-state index >= 15 is 0 Å². The zero-order chi connectivity index (χ0) is 14.9. The van der Waals surface area contributed by atoms with Gasteiger partial charge in [-0.3, -0.25) is 0 Å². The number of nitrogens with one attached hydrogen (secondary N) is 1. The summed E-state index contributed by atoms with van der Waals surface area (Å²) in [6.45, 7) is 0. The van der Waals surface area contributed by atoms with Gasteiger partial charge < -0.3 is 11.1 Å². The quantitative estimate of drug-likeness (QED) is 0.840. The third-order valence-corrected chi connectivity index (χ3v) is 3.03. The molecule has 2 aromatic rings. The molecule has 3 N–H and O–H groups in total. The number of pyridine rings is 1. The number of hydrogen-bond donors (Lipinski definition) is 2. The molecule has 0 amide bonds. The fraction of sp³-hybridized carbons (Fsp3) is 0.0833. The van der Waals surface area contributed by atoms with Crippen LogP contribution in [0.2, 0.25) is 10.0 Å². The van der Waals surface area contributed by atoms with Crippen molar-refractivity contribution >= 4 is 40.4 Å². The second kappa shape index (κ2) is 5.38. The molecule has 20 heavy (non-hydrogen) atoms. The average molecular weight is 322 g/mol. The van der Waals surface area contributed by atoms with Gasteiger partial charge in [-0.15, -0.1) is 0 Å². The molecule has 0 radical (unpaired) electrons. The number of anilines is 3. The van der Waals surface area contributed by atoms with E-state index in [9.17, 15) is 13.2 Å². The van der Waals surface area contributed by atoms with Gasteiger partial charge in [0.2, 0.25) is 0 Å². The summed E-state index contributed by atoms with van der Waals surface area (Å²) in [5, 5.41) is 2.95. The van der Waals surface area contributed by atoms with Crippen LogP contribution in [0.3, 0.4) is 0 Å². The minimum atomic E-state index is -4.46. The molecule has 0 atom stereocenters. The van der Waals surface area contributed by atoms with E-state index in [0.717, 1.165) is 18.2 Å². The summed E-state index contributed by atoms with van der Waals surface area (Å²) in [6, 6.07) is 4.36. The van der Waals surface area contributed by atoms with Crippen LogP contribution in [-0.2, 0) is 6.18 Å². The Bertz CT molecular complexity index is 644. The minimum Gasteiger partial charge on any atom is -0.397 e. The Morgan fingerprint density at radius 2 is 1.80 bits per heavy atom. The maximum Gasteiger partial charge on any atom is 0.416 e. The van der Waals surface area contributed by atoms with Crippen LogP contribution in [0.4, 0.5) is 30.4 Å². The molecule has 0 aliphatic rings. The van der Waals surface area contributed by atoms with E-state index < -0.39 is 11.7 Å². The van der Waals surface area contributed by atoms with Crippen LogP contribution in [0.25, 0.3) is 0 Å². The van der Waals surface area contributed by atoms with Crippen molar-refractivity contribution in [1.82, 2.24) is 4.98 Å². The predicted octanol–water partition coefficient (Wildman–Crippen LogP) is 4.73. The predicted molar refractivity (Wildman–Crippen MR) is 73.4 cm³/mol. The van der Waals surface area contributed by atoms with E-state index in [0.29, 0.717) is 5.69 Å². The molecule has 0 saturated carbocycles. The second-order valence-electron chi connectivity index (χ2n) is 3.92. The van der Waals surface area contributed by atoms with Gasteiger partial charge >= 0.3 is 6.18 Å². The molecule has 1 aromatic heterocycles. The average Bonchev–Trinajstić information content (AvgIpc) is 2.33. The zero-order valence-corrected chi connectivity index (χ0v) is 11.3. The summed E-state index contributed by atoms with van der Waals surface area (Å²) in [7, 11) is 0. The van der Waals surface area contributed by atoms with E-state index in [1.165, 1.54) is 12.3 Å². The van der Waals surface area contributed by atoms with Crippen LogP contribution in [0.5, 0.6) is 0 Å². The van der Waals surface area contributed by atoms with Gasteiger partial charge in [0, 0.05) is 0 Å². The van der Waals surface area contributed by atoms with Crippen LogP contribution in [0.15, 0.2) is 30.5 Å². The Morgan fingerprint density at radius 1 is 1.10 bits per heavy atom. The molecule has 0 bridgehead atoms. The smallest absolute Gasteiger partial charge is 0.397 e. The van der Waals surface area contributed by atoms with Crippen molar-refractivity contribution in [1.29, 1.82) is 0 Å². The molecular formula is C12H8Cl2F3N3. The maximum absolute atomic E-state index is 12.6. The Labute approximate surface area is 122 Å². The normalized spacial score (nSPS) is 11.4. The fourth-order valence-electron chi connectivity index (χ4n) is 1.47. The standard InChI is InChI=1S/C12H8Cl2F3N3/c13-8-2-1-6(12(15,16)17)3-10(8)20-11-9(14)4-7(18)5-19-11/h1-5H,18H2,(H,19,20). The van der Waals surface area contributed by atoms with E-state index in [1.54, 1.807) is 0 Å². The van der Waals surface area contributed by atoms with Gasteiger partial charge in [-0.05, 0) is 24.3 Å². The van der Waals surface area contributed by atoms with Gasteiger partial charge in [0.15, 0.2) is 0 Å². The number of nitrogens with two attached hydrogens (primary N) is 1. The third kappa shape index (κ3) is 3.26. The second-order valence-corrected chi connectivity index (χ2v) is 4.73. The molecule has 2 rings (SSSR count). The lowest BCUT2D eigenvalue weighted by Crippen LogP contribution is -2.06. The molecule has 0 saturated heterocycles. The first kappa shape index (κ1) is 14.7. The molecule has 0 fully saturated rings.